The van der Waals surface area contributed by atoms with Gasteiger partial charge in [0.1, 0.15) is 0 Å². The number of hydrogen-bond donors (Lipinski definition) is 0. The summed E-state index contributed by atoms with van der Waals surface area (Å²) in [5, 5.41) is 0. The van der Waals surface area contributed by atoms with E-state index in [9.17, 15) is 0 Å². The van der Waals surface area contributed by atoms with Gasteiger partial charge in [-0.3, -0.25) is 8.42 Å². The fourth-order valence-electron chi connectivity index (χ4n) is 0. The molecule has 0 N–H and O–H groups in total. The van der Waals surface area contributed by atoms with Gasteiger partial charge in [0.25, 0.3) is 0 Å². The van der Waals surface area contributed by atoms with E-state index < -0.39 is 10.4 Å². The molecule has 0 radical (unpaired) electrons. The molecule has 0 aromatic rings. The van der Waals surface area contributed by atoms with Crippen LogP contribution in [0.4, 0.5) is 0 Å². The zero-order valence-corrected chi connectivity index (χ0v) is 7.51. The van der Waals surface area contributed by atoms with Gasteiger partial charge in [0.15, 0.2) is 0 Å². The summed E-state index contributed by atoms with van der Waals surface area (Å²) in [5.74, 6) is 0. The van der Waals surface area contributed by atoms with Crippen LogP contribution in [-0.2, 0) is 10.4 Å². The second-order valence-electron chi connectivity index (χ2n) is 0.408. The van der Waals surface area contributed by atoms with Crippen molar-refractivity contribution in [2.24, 2.45) is 0 Å². The molecule has 0 aliphatic heterocycles. The first-order valence-electron chi connectivity index (χ1n) is 0.667. The molecule has 0 amide bonds. The van der Waals surface area contributed by atoms with Crippen LogP contribution in [0.1, 0.15) is 0 Å². The largest absolute Gasteiger partial charge is 3.00 e. The van der Waals surface area contributed by atoms with Gasteiger partial charge in [0, 0.05) is 10.4 Å². The molecule has 0 spiro atoms. The molecule has 32 valence electrons. The Morgan fingerprint density at radius 3 is 1.14 bits per heavy atom. The van der Waals surface area contributed by atoms with Gasteiger partial charge in [-0.25, -0.2) is 0 Å². The third-order valence-electron chi connectivity index (χ3n) is 0. The smallest absolute Gasteiger partial charge is 0.759 e. The molecule has 0 atom stereocenters. The van der Waals surface area contributed by atoms with E-state index >= 15 is 0 Å². The van der Waals surface area contributed by atoms with Crippen LogP contribution in [0.2, 0.25) is 0 Å². The van der Waals surface area contributed by atoms with Gasteiger partial charge in [0.05, 0.1) is 0 Å². The first-order valence-corrected chi connectivity index (χ1v) is 2.00. The van der Waals surface area contributed by atoms with Crippen molar-refractivity contribution < 1.29 is 17.5 Å². The Morgan fingerprint density at radius 2 is 1.14 bits per heavy atom. The molecule has 4 nitrogen and oxygen atoms in total. The van der Waals surface area contributed by atoms with Crippen LogP contribution in [0.5, 0.6) is 0 Å². The summed E-state index contributed by atoms with van der Waals surface area (Å²) in [7, 11) is -5.17. The molecule has 0 saturated heterocycles. The van der Waals surface area contributed by atoms with E-state index in [0.717, 1.165) is 0 Å². The van der Waals surface area contributed by atoms with Crippen molar-refractivity contribution in [3.8, 4) is 0 Å². The van der Waals surface area contributed by atoms with Crippen molar-refractivity contribution in [2.45, 2.75) is 0 Å². The standard InChI is InChI=1S/Al.Ca.H2O4S/c;;1-5(2,3)4/h;;(H2,1,2,3,4)/q+3;+2;/p-2. The van der Waals surface area contributed by atoms with Gasteiger partial charge < -0.3 is 9.11 Å². The first-order chi connectivity index (χ1) is 2.00. The molecule has 0 saturated carbocycles. The van der Waals surface area contributed by atoms with Crippen molar-refractivity contribution in [3.63, 3.8) is 0 Å². The molecule has 0 aliphatic rings. The summed E-state index contributed by atoms with van der Waals surface area (Å²) in [5.41, 5.74) is 0. The van der Waals surface area contributed by atoms with Crippen LogP contribution in [-0.4, -0.2) is 72.6 Å². The second-order valence-corrected chi connectivity index (χ2v) is 1.22. The van der Waals surface area contributed by atoms with Gasteiger partial charge in [-0.1, -0.05) is 0 Å². The van der Waals surface area contributed by atoms with E-state index in [1.807, 2.05) is 0 Å². The quantitative estimate of drug-likeness (QED) is 0.233. The molecule has 0 aliphatic carbocycles. The van der Waals surface area contributed by atoms with E-state index in [4.69, 9.17) is 17.5 Å². The normalized spacial score (nSPS) is 8.29. The Labute approximate surface area is 82.0 Å². The average Bonchev–Trinajstić information content (AvgIpc) is 0.722. The third-order valence-corrected chi connectivity index (χ3v) is 0. The van der Waals surface area contributed by atoms with Crippen molar-refractivity contribution in [3.05, 3.63) is 0 Å². The zero-order valence-electron chi connectivity index (χ0n) is 3.33. The molecular weight excluding hydrogens is 163 g/mol. The maximum absolute atomic E-state index is 8.52. The molecule has 0 fully saturated rings. The van der Waals surface area contributed by atoms with Gasteiger partial charge in [-0.15, -0.1) is 0 Å². The van der Waals surface area contributed by atoms with Gasteiger partial charge in [-0.2, -0.15) is 0 Å². The third kappa shape index (κ3) is 88.9. The van der Waals surface area contributed by atoms with Crippen molar-refractivity contribution in [1.29, 1.82) is 0 Å². The minimum atomic E-state index is -5.17. The summed E-state index contributed by atoms with van der Waals surface area (Å²) in [4.78, 5) is 0. The average molecular weight is 163 g/mol. The fraction of sp³-hybridized carbons (Fsp3) is 0. The summed E-state index contributed by atoms with van der Waals surface area (Å²) in [6, 6.07) is 0. The van der Waals surface area contributed by atoms with Crippen LogP contribution in [0.25, 0.3) is 0 Å². The molecule has 0 heterocycles. The van der Waals surface area contributed by atoms with Crippen LogP contribution in [0.3, 0.4) is 0 Å². The van der Waals surface area contributed by atoms with E-state index in [1.165, 1.54) is 0 Å². The number of rotatable bonds is 0. The zero-order chi connectivity index (χ0) is 4.50. The Balaban J connectivity index is -0.0000000800. The minimum absolute atomic E-state index is 0. The van der Waals surface area contributed by atoms with Crippen molar-refractivity contribution in [1.82, 2.24) is 0 Å². The SMILES string of the molecule is O=S(=O)([O-])[O-].[Al+3].[Ca+2]. The first kappa shape index (κ1) is 15.9. The Hall–Kier alpha value is 1.66. The number of hydrogen-bond acceptors (Lipinski definition) is 4. The maximum atomic E-state index is 8.52. The minimum Gasteiger partial charge on any atom is -0.759 e. The van der Waals surface area contributed by atoms with E-state index in [0.29, 0.717) is 0 Å². The monoisotopic (exact) mass is 163 g/mol. The van der Waals surface area contributed by atoms with Crippen LogP contribution < -0.4 is 0 Å². The molecule has 0 bridgehead atoms. The topological polar surface area (TPSA) is 80.3 Å². The Morgan fingerprint density at radius 1 is 1.14 bits per heavy atom. The summed E-state index contributed by atoms with van der Waals surface area (Å²) in [6.07, 6.45) is 0. The summed E-state index contributed by atoms with van der Waals surface area (Å²) < 4.78 is 34.1. The van der Waals surface area contributed by atoms with Crippen molar-refractivity contribution in [2.75, 3.05) is 0 Å². The summed E-state index contributed by atoms with van der Waals surface area (Å²) in [6.45, 7) is 0. The molecule has 7 heteroatoms. The van der Waals surface area contributed by atoms with Crippen LogP contribution in [0.15, 0.2) is 0 Å². The Bertz CT molecular complexity index is 94.9. The fourth-order valence-corrected chi connectivity index (χ4v) is 0. The maximum Gasteiger partial charge on any atom is 3.00 e. The van der Waals surface area contributed by atoms with E-state index in [2.05, 4.69) is 0 Å². The van der Waals surface area contributed by atoms with Gasteiger partial charge in [-0.05, 0) is 0 Å². The van der Waals surface area contributed by atoms with Crippen LogP contribution in [0, 0.1) is 0 Å². The predicted octanol–water partition coefficient (Wildman–Crippen LogP) is -2.10. The molecule has 7 heavy (non-hydrogen) atoms. The molecular formula is AlCaO4S+3. The van der Waals surface area contributed by atoms with Crippen LogP contribution >= 0.6 is 0 Å². The second kappa shape index (κ2) is 5.79. The predicted molar refractivity (Wildman–Crippen MR) is 22.0 cm³/mol. The van der Waals surface area contributed by atoms with E-state index in [1.54, 1.807) is 0 Å². The molecule has 0 rings (SSSR count). The molecule has 0 aromatic heterocycles. The van der Waals surface area contributed by atoms with Gasteiger partial charge in [0.2, 0.25) is 0 Å². The molecule has 0 unspecified atom stereocenters. The molecule has 0 aromatic carbocycles. The Kier molecular flexibility index (Phi) is 13.1. The van der Waals surface area contributed by atoms with Gasteiger partial charge >= 0.3 is 55.1 Å². The van der Waals surface area contributed by atoms with E-state index in [-0.39, 0.29) is 55.1 Å². The van der Waals surface area contributed by atoms with Crippen molar-refractivity contribution >= 4 is 65.5 Å². The summed E-state index contributed by atoms with van der Waals surface area (Å²) >= 11 is 0.